The van der Waals surface area contributed by atoms with Crippen LogP contribution in [0.25, 0.3) is 11.6 Å². The fourth-order valence-electron chi connectivity index (χ4n) is 6.39. The molecule has 194 valence electrons. The minimum absolute atomic E-state index is 0.0519. The van der Waals surface area contributed by atoms with Gasteiger partial charge in [-0.15, -0.1) is 0 Å². The first-order chi connectivity index (χ1) is 18.5. The third kappa shape index (κ3) is 4.72. The average Bonchev–Trinajstić information content (AvgIpc) is 3.28. The number of nitrogens with two attached hydrogens (primary N) is 1. The van der Waals surface area contributed by atoms with Crippen molar-refractivity contribution in [1.82, 2.24) is 4.90 Å². The van der Waals surface area contributed by atoms with Crippen molar-refractivity contribution in [2.24, 2.45) is 11.7 Å². The first kappa shape index (κ1) is 24.4. The van der Waals surface area contributed by atoms with Crippen molar-refractivity contribution in [2.75, 3.05) is 36.4 Å². The maximum absolute atomic E-state index is 12.9. The van der Waals surface area contributed by atoms with Gasteiger partial charge < -0.3 is 20.9 Å². The zero-order chi connectivity index (χ0) is 26.2. The van der Waals surface area contributed by atoms with Gasteiger partial charge in [0.15, 0.2) is 5.78 Å². The van der Waals surface area contributed by atoms with Crippen molar-refractivity contribution in [2.45, 2.75) is 31.8 Å². The summed E-state index contributed by atoms with van der Waals surface area (Å²) in [6.45, 7) is 5.80. The summed E-state index contributed by atoms with van der Waals surface area (Å²) in [5, 5.41) is 3.77. The summed E-state index contributed by atoms with van der Waals surface area (Å²) in [5.74, 6) is 0.346. The number of hydrogen-bond donors (Lipinski definition) is 2. The molecule has 2 bridgehead atoms. The van der Waals surface area contributed by atoms with Crippen LogP contribution in [-0.2, 0) is 4.79 Å². The number of nitrogens with zero attached hydrogens (tertiary/aromatic N) is 2. The van der Waals surface area contributed by atoms with Crippen LogP contribution < -0.4 is 16.0 Å². The Bertz CT molecular complexity index is 1370. The second kappa shape index (κ2) is 10.1. The van der Waals surface area contributed by atoms with Crippen molar-refractivity contribution in [3.05, 3.63) is 95.1 Å². The van der Waals surface area contributed by atoms with E-state index in [9.17, 15) is 9.59 Å². The summed E-state index contributed by atoms with van der Waals surface area (Å²) >= 11 is 0. The number of fused-ring (bicyclic) bond motifs is 4. The summed E-state index contributed by atoms with van der Waals surface area (Å²) in [6, 6.07) is 24.0. The van der Waals surface area contributed by atoms with Gasteiger partial charge in [0.1, 0.15) is 6.04 Å². The van der Waals surface area contributed by atoms with E-state index in [0.717, 1.165) is 46.1 Å². The molecule has 0 saturated carbocycles. The summed E-state index contributed by atoms with van der Waals surface area (Å²) in [6.07, 6.45) is 4.77. The predicted octanol–water partition coefficient (Wildman–Crippen LogP) is 4.98. The van der Waals surface area contributed by atoms with Crippen LogP contribution in [0.15, 0.2) is 72.8 Å². The Morgan fingerprint density at radius 2 is 1.74 bits per heavy atom. The molecule has 6 nitrogen and oxygen atoms in total. The molecule has 4 aliphatic heterocycles. The number of amides is 1. The molecule has 2 atom stereocenters. The quantitative estimate of drug-likeness (QED) is 0.472. The van der Waals surface area contributed by atoms with Gasteiger partial charge in [-0.2, -0.15) is 0 Å². The lowest BCUT2D eigenvalue weighted by atomic mass is 9.84. The van der Waals surface area contributed by atoms with Gasteiger partial charge in [0.05, 0.1) is 0 Å². The zero-order valence-corrected chi connectivity index (χ0v) is 21.8. The van der Waals surface area contributed by atoms with E-state index in [1.54, 1.807) is 13.0 Å². The number of anilines is 2. The van der Waals surface area contributed by atoms with Crippen LogP contribution in [-0.4, -0.2) is 48.8 Å². The first-order valence-electron chi connectivity index (χ1n) is 13.5. The van der Waals surface area contributed by atoms with Crippen molar-refractivity contribution >= 4 is 34.7 Å². The highest BCUT2D eigenvalue weighted by Gasteiger charge is 2.35. The highest BCUT2D eigenvalue weighted by Crippen LogP contribution is 2.42. The Kier molecular flexibility index (Phi) is 6.50. The number of benzene rings is 3. The lowest BCUT2D eigenvalue weighted by molar-refractivity contribution is -0.118. The molecule has 7 rings (SSSR count). The van der Waals surface area contributed by atoms with E-state index in [4.69, 9.17) is 5.73 Å². The maximum atomic E-state index is 12.9. The highest BCUT2D eigenvalue weighted by atomic mass is 16.1. The van der Waals surface area contributed by atoms with E-state index in [-0.39, 0.29) is 5.78 Å². The van der Waals surface area contributed by atoms with Gasteiger partial charge in [-0.3, -0.25) is 9.59 Å². The Hall–Kier alpha value is -3.90. The number of primary amides is 1. The zero-order valence-electron chi connectivity index (χ0n) is 21.8. The van der Waals surface area contributed by atoms with Crippen LogP contribution in [0.4, 0.5) is 11.4 Å². The van der Waals surface area contributed by atoms with E-state index in [1.165, 1.54) is 25.9 Å². The second-order valence-electron chi connectivity index (χ2n) is 10.8. The van der Waals surface area contributed by atoms with Crippen molar-refractivity contribution < 1.29 is 9.59 Å². The van der Waals surface area contributed by atoms with Crippen LogP contribution in [0.1, 0.15) is 52.9 Å². The Labute approximate surface area is 224 Å². The molecule has 3 aromatic rings. The molecule has 3 N–H and O–H groups in total. The predicted molar refractivity (Wildman–Crippen MR) is 153 cm³/mol. The standard InChI is InChI=1S/C32H34N4O2/c1-21(37)31(24-5-3-2-4-6-24)36-19-26(28-12-9-25(32(33)38)18-30(28)36)17-22-7-10-27(11-8-22)34-29-20-35-15-13-23(29)14-16-35/h2-12,17-18,23,29,31,34H,13-16,19-20H2,1H3,(H2,33,38)/b26-17+/t29-,31+/m1/s1. The van der Waals surface area contributed by atoms with Gasteiger partial charge in [-0.05, 0) is 85.8 Å². The summed E-state index contributed by atoms with van der Waals surface area (Å²) in [5.41, 5.74) is 12.2. The number of Topliss-reactive ketones (excluding diaryl/α,β-unsaturated/α-hetero) is 1. The lowest BCUT2D eigenvalue weighted by Crippen LogP contribution is -2.53. The second-order valence-corrected chi connectivity index (χ2v) is 10.8. The molecule has 3 fully saturated rings. The minimum atomic E-state index is -0.477. The fourth-order valence-corrected chi connectivity index (χ4v) is 6.39. The molecule has 4 heterocycles. The molecule has 1 amide bonds. The Balaban J connectivity index is 1.29. The Morgan fingerprint density at radius 1 is 1.00 bits per heavy atom. The lowest BCUT2D eigenvalue weighted by Gasteiger charge is -2.45. The molecule has 3 saturated heterocycles. The molecule has 0 unspecified atom stereocenters. The van der Waals surface area contributed by atoms with Crippen LogP contribution in [0.5, 0.6) is 0 Å². The van der Waals surface area contributed by atoms with E-state index < -0.39 is 11.9 Å². The number of ketones is 1. The third-order valence-corrected chi connectivity index (χ3v) is 8.35. The van der Waals surface area contributed by atoms with Crippen LogP contribution >= 0.6 is 0 Å². The normalized spacial score (nSPS) is 23.8. The molecular weight excluding hydrogens is 472 g/mol. The summed E-state index contributed by atoms with van der Waals surface area (Å²) in [4.78, 5) is 29.5. The smallest absolute Gasteiger partial charge is 0.248 e. The van der Waals surface area contributed by atoms with E-state index in [2.05, 4.69) is 45.5 Å². The van der Waals surface area contributed by atoms with Gasteiger partial charge in [-0.1, -0.05) is 48.5 Å². The maximum Gasteiger partial charge on any atom is 0.248 e. The van der Waals surface area contributed by atoms with Gasteiger partial charge in [-0.25, -0.2) is 0 Å². The number of hydrogen-bond acceptors (Lipinski definition) is 5. The number of rotatable bonds is 7. The van der Waals surface area contributed by atoms with E-state index >= 15 is 0 Å². The van der Waals surface area contributed by atoms with E-state index in [0.29, 0.717) is 18.2 Å². The van der Waals surface area contributed by atoms with E-state index in [1.807, 2.05) is 42.5 Å². The molecule has 4 aliphatic rings. The Morgan fingerprint density at radius 3 is 2.37 bits per heavy atom. The molecule has 6 heteroatoms. The largest absolute Gasteiger partial charge is 0.381 e. The molecule has 38 heavy (non-hydrogen) atoms. The SMILES string of the molecule is CC(=O)[C@@H](c1ccccc1)N1C/C(=C\c2ccc(N[C@@H]3CN4CCC3CC4)cc2)c2ccc(C(N)=O)cc21. The van der Waals surface area contributed by atoms with Crippen molar-refractivity contribution in [1.29, 1.82) is 0 Å². The number of carbonyl (C=O) groups excluding carboxylic acids is 2. The van der Waals surface area contributed by atoms with Crippen LogP contribution in [0, 0.1) is 5.92 Å². The van der Waals surface area contributed by atoms with Gasteiger partial charge in [0.2, 0.25) is 5.91 Å². The van der Waals surface area contributed by atoms with Crippen molar-refractivity contribution in [3.8, 4) is 0 Å². The van der Waals surface area contributed by atoms with Crippen molar-refractivity contribution in [3.63, 3.8) is 0 Å². The number of piperidine rings is 3. The monoisotopic (exact) mass is 506 g/mol. The first-order valence-corrected chi connectivity index (χ1v) is 13.5. The number of nitrogens with one attached hydrogen (secondary N) is 1. The summed E-state index contributed by atoms with van der Waals surface area (Å²) < 4.78 is 0. The van der Waals surface area contributed by atoms with Gasteiger partial charge in [0.25, 0.3) is 0 Å². The highest BCUT2D eigenvalue weighted by molar-refractivity contribution is 6.01. The van der Waals surface area contributed by atoms with Crippen LogP contribution in [0.2, 0.25) is 0 Å². The molecule has 0 spiro atoms. The topological polar surface area (TPSA) is 78.7 Å². The molecule has 0 aliphatic carbocycles. The fraction of sp³-hybridized carbons (Fsp3) is 0.312. The molecule has 0 radical (unpaired) electrons. The molecule has 0 aromatic heterocycles. The summed E-state index contributed by atoms with van der Waals surface area (Å²) in [7, 11) is 0. The average molecular weight is 507 g/mol. The molecule has 3 aromatic carbocycles. The number of carbonyl (C=O) groups is 2. The molecular formula is C32H34N4O2. The van der Waals surface area contributed by atoms with Gasteiger partial charge >= 0.3 is 0 Å². The minimum Gasteiger partial charge on any atom is -0.381 e. The van der Waals surface area contributed by atoms with Crippen LogP contribution in [0.3, 0.4) is 0 Å². The van der Waals surface area contributed by atoms with Gasteiger partial charge in [0, 0.05) is 41.6 Å². The third-order valence-electron chi connectivity index (χ3n) is 8.35.